The fourth-order valence-corrected chi connectivity index (χ4v) is 5.79. The SMILES string of the molecule is CCC1CCc2c(cc(C(=O)Nc3nc(CC(=O)O)cs3)c(=O)n2CC2CCCCC2)C1. The van der Waals surface area contributed by atoms with Gasteiger partial charge < -0.3 is 9.67 Å². The van der Waals surface area contributed by atoms with Crippen molar-refractivity contribution in [1.82, 2.24) is 9.55 Å². The first-order valence-corrected chi connectivity index (χ1v) is 12.6. The average Bonchev–Trinajstić information content (AvgIpc) is 3.21. The molecule has 2 aliphatic rings. The molecular formula is C24H31N3O4S. The smallest absolute Gasteiger partial charge is 0.309 e. The normalized spacial score (nSPS) is 18.8. The molecule has 0 aliphatic heterocycles. The Kier molecular flexibility index (Phi) is 7.08. The molecule has 0 saturated heterocycles. The molecule has 1 amide bonds. The number of aromatic nitrogens is 2. The van der Waals surface area contributed by atoms with E-state index in [9.17, 15) is 14.4 Å². The molecule has 0 radical (unpaired) electrons. The van der Waals surface area contributed by atoms with Crippen LogP contribution in [-0.4, -0.2) is 26.5 Å². The number of aliphatic carboxylic acids is 1. The molecule has 172 valence electrons. The van der Waals surface area contributed by atoms with Crippen LogP contribution in [0.5, 0.6) is 0 Å². The van der Waals surface area contributed by atoms with Crippen LogP contribution in [0.15, 0.2) is 16.2 Å². The number of fused-ring (bicyclic) bond motifs is 1. The zero-order valence-corrected chi connectivity index (χ0v) is 19.4. The van der Waals surface area contributed by atoms with E-state index in [1.165, 1.54) is 30.6 Å². The van der Waals surface area contributed by atoms with Gasteiger partial charge in [0.2, 0.25) is 0 Å². The standard InChI is InChI=1S/C24H31N3O4S/c1-2-15-8-9-20-17(10-15)11-19(23(31)27(20)13-16-6-4-3-5-7-16)22(30)26-24-25-18(14-32-24)12-21(28)29/h11,14-16H,2-10,12-13H2,1H3,(H,28,29)(H,25,26,30). The topological polar surface area (TPSA) is 101 Å². The van der Waals surface area contributed by atoms with Crippen molar-refractivity contribution in [3.63, 3.8) is 0 Å². The van der Waals surface area contributed by atoms with Crippen molar-refractivity contribution in [2.24, 2.45) is 11.8 Å². The van der Waals surface area contributed by atoms with Gasteiger partial charge >= 0.3 is 5.97 Å². The summed E-state index contributed by atoms with van der Waals surface area (Å²) in [7, 11) is 0. The molecule has 4 rings (SSSR count). The van der Waals surface area contributed by atoms with Gasteiger partial charge in [0, 0.05) is 17.6 Å². The summed E-state index contributed by atoms with van der Waals surface area (Å²) in [4.78, 5) is 41.6. The molecule has 32 heavy (non-hydrogen) atoms. The number of anilines is 1. The molecule has 1 saturated carbocycles. The summed E-state index contributed by atoms with van der Waals surface area (Å²) in [5.74, 6) is -0.370. The van der Waals surface area contributed by atoms with Crippen LogP contribution in [0, 0.1) is 11.8 Å². The van der Waals surface area contributed by atoms with E-state index in [-0.39, 0.29) is 17.5 Å². The van der Waals surface area contributed by atoms with Gasteiger partial charge in [-0.25, -0.2) is 4.98 Å². The van der Waals surface area contributed by atoms with E-state index in [0.717, 1.165) is 49.8 Å². The Morgan fingerprint density at radius 3 is 2.72 bits per heavy atom. The number of rotatable bonds is 7. The van der Waals surface area contributed by atoms with Gasteiger partial charge in [0.1, 0.15) is 5.56 Å². The van der Waals surface area contributed by atoms with E-state index in [2.05, 4.69) is 17.2 Å². The number of amides is 1. The van der Waals surface area contributed by atoms with Gasteiger partial charge in [0.05, 0.1) is 12.1 Å². The average molecular weight is 458 g/mol. The number of carbonyl (C=O) groups excluding carboxylic acids is 1. The van der Waals surface area contributed by atoms with Crippen LogP contribution < -0.4 is 10.9 Å². The number of carbonyl (C=O) groups is 2. The second-order valence-electron chi connectivity index (χ2n) is 9.14. The number of hydrogen-bond acceptors (Lipinski definition) is 5. The second-order valence-corrected chi connectivity index (χ2v) is 9.99. The molecule has 1 unspecified atom stereocenters. The van der Waals surface area contributed by atoms with Crippen molar-refractivity contribution in [2.75, 3.05) is 5.32 Å². The lowest BCUT2D eigenvalue weighted by Gasteiger charge is -2.30. The van der Waals surface area contributed by atoms with Crippen LogP contribution in [0.3, 0.4) is 0 Å². The molecule has 2 aromatic heterocycles. The van der Waals surface area contributed by atoms with Crippen LogP contribution in [0.1, 0.15) is 79.2 Å². The van der Waals surface area contributed by atoms with E-state index in [4.69, 9.17) is 5.11 Å². The highest BCUT2D eigenvalue weighted by Gasteiger charge is 2.26. The van der Waals surface area contributed by atoms with Crippen LogP contribution >= 0.6 is 11.3 Å². The third-order valence-electron chi connectivity index (χ3n) is 6.88. The minimum absolute atomic E-state index is 0.159. The number of carboxylic acid groups (broad SMARTS) is 1. The number of hydrogen-bond donors (Lipinski definition) is 2. The zero-order valence-electron chi connectivity index (χ0n) is 18.6. The highest BCUT2D eigenvalue weighted by Crippen LogP contribution is 2.30. The summed E-state index contributed by atoms with van der Waals surface area (Å²) in [5, 5.41) is 13.6. The fraction of sp³-hybridized carbons (Fsp3) is 0.583. The van der Waals surface area contributed by atoms with Crippen molar-refractivity contribution in [3.05, 3.63) is 44.3 Å². The Hall–Kier alpha value is -2.48. The maximum atomic E-state index is 13.5. The number of carboxylic acids is 1. The van der Waals surface area contributed by atoms with Gasteiger partial charge in [-0.3, -0.25) is 19.7 Å². The van der Waals surface area contributed by atoms with Crippen molar-refractivity contribution >= 4 is 28.3 Å². The van der Waals surface area contributed by atoms with E-state index >= 15 is 0 Å². The molecule has 2 aliphatic carbocycles. The lowest BCUT2D eigenvalue weighted by atomic mass is 9.83. The predicted octanol–water partition coefficient (Wildman–Crippen LogP) is 4.28. The Balaban J connectivity index is 1.64. The number of thiazole rings is 1. The van der Waals surface area contributed by atoms with E-state index < -0.39 is 11.9 Å². The third kappa shape index (κ3) is 5.11. The highest BCUT2D eigenvalue weighted by atomic mass is 32.1. The Morgan fingerprint density at radius 1 is 1.22 bits per heavy atom. The van der Waals surface area contributed by atoms with Crippen LogP contribution in [0.25, 0.3) is 0 Å². The van der Waals surface area contributed by atoms with Gasteiger partial charge in [-0.05, 0) is 55.6 Å². The first-order valence-electron chi connectivity index (χ1n) is 11.7. The Labute approximate surface area is 191 Å². The van der Waals surface area contributed by atoms with E-state index in [0.29, 0.717) is 29.2 Å². The van der Waals surface area contributed by atoms with Crippen LogP contribution in [0.4, 0.5) is 5.13 Å². The number of nitrogens with zero attached hydrogens (tertiary/aromatic N) is 2. The molecule has 0 spiro atoms. The van der Waals surface area contributed by atoms with Gasteiger partial charge in [-0.15, -0.1) is 11.3 Å². The van der Waals surface area contributed by atoms with Gasteiger partial charge in [0.25, 0.3) is 11.5 Å². The molecule has 2 aromatic rings. The highest BCUT2D eigenvalue weighted by molar-refractivity contribution is 7.14. The summed E-state index contributed by atoms with van der Waals surface area (Å²) >= 11 is 1.17. The molecule has 1 fully saturated rings. The van der Waals surface area contributed by atoms with Gasteiger partial charge in [0.15, 0.2) is 5.13 Å². The van der Waals surface area contributed by atoms with Crippen LogP contribution in [0.2, 0.25) is 0 Å². The first-order chi connectivity index (χ1) is 15.4. The van der Waals surface area contributed by atoms with Crippen LogP contribution in [-0.2, 0) is 30.6 Å². The minimum atomic E-state index is -0.973. The Morgan fingerprint density at radius 2 is 2.00 bits per heavy atom. The summed E-state index contributed by atoms with van der Waals surface area (Å²) in [6.45, 7) is 2.89. The molecule has 2 heterocycles. The minimum Gasteiger partial charge on any atom is -0.481 e. The van der Waals surface area contributed by atoms with E-state index in [1.54, 1.807) is 11.4 Å². The maximum absolute atomic E-state index is 13.5. The summed E-state index contributed by atoms with van der Waals surface area (Å²) < 4.78 is 1.89. The summed E-state index contributed by atoms with van der Waals surface area (Å²) in [6, 6.07) is 1.79. The summed E-state index contributed by atoms with van der Waals surface area (Å²) in [5.41, 5.74) is 2.56. The molecule has 0 aromatic carbocycles. The number of pyridine rings is 1. The van der Waals surface area contributed by atoms with Gasteiger partial charge in [-0.1, -0.05) is 32.6 Å². The van der Waals surface area contributed by atoms with Crippen molar-refractivity contribution < 1.29 is 14.7 Å². The molecule has 2 N–H and O–H groups in total. The maximum Gasteiger partial charge on any atom is 0.309 e. The van der Waals surface area contributed by atoms with Crippen molar-refractivity contribution in [2.45, 2.75) is 77.7 Å². The second kappa shape index (κ2) is 9.98. The zero-order chi connectivity index (χ0) is 22.7. The van der Waals surface area contributed by atoms with Gasteiger partial charge in [-0.2, -0.15) is 0 Å². The van der Waals surface area contributed by atoms with E-state index in [1.807, 2.05) is 4.57 Å². The monoisotopic (exact) mass is 457 g/mol. The lowest BCUT2D eigenvalue weighted by Crippen LogP contribution is -2.36. The first kappa shape index (κ1) is 22.7. The Bertz CT molecular complexity index is 1050. The lowest BCUT2D eigenvalue weighted by molar-refractivity contribution is -0.136. The third-order valence-corrected chi connectivity index (χ3v) is 7.69. The molecule has 1 atom stereocenters. The van der Waals surface area contributed by atoms with Crippen molar-refractivity contribution in [1.29, 1.82) is 0 Å². The fourth-order valence-electron chi connectivity index (χ4n) is 5.08. The largest absolute Gasteiger partial charge is 0.481 e. The molecule has 8 heteroatoms. The molecular weight excluding hydrogens is 426 g/mol. The van der Waals surface area contributed by atoms with Crippen molar-refractivity contribution in [3.8, 4) is 0 Å². The molecule has 0 bridgehead atoms. The number of nitrogens with one attached hydrogen (secondary N) is 1. The quantitative estimate of drug-likeness (QED) is 0.646. The summed E-state index contributed by atoms with van der Waals surface area (Å²) in [6.07, 6.45) is 9.74. The predicted molar refractivity (Wildman–Crippen MR) is 124 cm³/mol. The molecule has 7 nitrogen and oxygen atoms in total.